The summed E-state index contributed by atoms with van der Waals surface area (Å²) in [7, 11) is 2.31. The minimum absolute atomic E-state index is 0.677. The summed E-state index contributed by atoms with van der Waals surface area (Å²) in [6.45, 7) is 3.11. The van der Waals surface area contributed by atoms with Gasteiger partial charge in [0.15, 0.2) is 0 Å². The van der Waals surface area contributed by atoms with Crippen molar-refractivity contribution < 1.29 is 0 Å². The fourth-order valence-corrected chi connectivity index (χ4v) is 4.12. The molecule has 2 fully saturated rings. The molecular formula is C17H25ClN2. The van der Waals surface area contributed by atoms with Gasteiger partial charge in [0, 0.05) is 29.7 Å². The van der Waals surface area contributed by atoms with Crippen LogP contribution < -0.4 is 5.32 Å². The zero-order valence-electron chi connectivity index (χ0n) is 12.5. The molecule has 2 aliphatic heterocycles. The van der Waals surface area contributed by atoms with Crippen LogP contribution in [0.4, 0.5) is 0 Å². The molecule has 0 amide bonds. The van der Waals surface area contributed by atoms with E-state index in [9.17, 15) is 0 Å². The van der Waals surface area contributed by atoms with Crippen molar-refractivity contribution in [2.75, 3.05) is 7.05 Å². The molecule has 0 aromatic heterocycles. The Morgan fingerprint density at radius 1 is 1.25 bits per heavy atom. The summed E-state index contributed by atoms with van der Waals surface area (Å²) in [5.41, 5.74) is 2.66. The van der Waals surface area contributed by atoms with E-state index in [-0.39, 0.29) is 0 Å². The van der Waals surface area contributed by atoms with Crippen molar-refractivity contribution in [2.24, 2.45) is 0 Å². The third kappa shape index (κ3) is 3.03. The van der Waals surface area contributed by atoms with E-state index in [0.29, 0.717) is 6.04 Å². The van der Waals surface area contributed by atoms with Gasteiger partial charge in [0.1, 0.15) is 0 Å². The highest BCUT2D eigenvalue weighted by Crippen LogP contribution is 2.32. The number of benzene rings is 1. The van der Waals surface area contributed by atoms with Crippen LogP contribution in [-0.4, -0.2) is 30.1 Å². The van der Waals surface area contributed by atoms with Gasteiger partial charge in [-0.3, -0.25) is 0 Å². The van der Waals surface area contributed by atoms with Gasteiger partial charge in [-0.15, -0.1) is 0 Å². The fraction of sp³-hybridized carbons (Fsp3) is 0.647. The normalized spacial score (nSPS) is 30.4. The molecule has 3 heteroatoms. The molecular weight excluding hydrogens is 268 g/mol. The largest absolute Gasteiger partial charge is 0.310 e. The maximum Gasteiger partial charge on any atom is 0.0408 e. The van der Waals surface area contributed by atoms with Crippen molar-refractivity contribution in [3.05, 3.63) is 34.3 Å². The van der Waals surface area contributed by atoms with Crippen LogP contribution in [0.5, 0.6) is 0 Å². The van der Waals surface area contributed by atoms with Crippen LogP contribution in [0.1, 0.15) is 43.2 Å². The third-order valence-electron chi connectivity index (χ3n) is 5.23. The summed E-state index contributed by atoms with van der Waals surface area (Å²) >= 11 is 6.02. The molecule has 2 nitrogen and oxygen atoms in total. The molecule has 2 atom stereocenters. The maximum absolute atomic E-state index is 6.02. The number of fused-ring (bicyclic) bond motifs is 2. The van der Waals surface area contributed by atoms with Gasteiger partial charge < -0.3 is 10.2 Å². The minimum atomic E-state index is 0.677. The van der Waals surface area contributed by atoms with Gasteiger partial charge in [-0.2, -0.15) is 0 Å². The van der Waals surface area contributed by atoms with E-state index in [0.717, 1.165) is 23.7 Å². The molecule has 0 saturated carbocycles. The average Bonchev–Trinajstić information content (AvgIpc) is 2.38. The zero-order valence-corrected chi connectivity index (χ0v) is 13.3. The van der Waals surface area contributed by atoms with Crippen LogP contribution in [-0.2, 0) is 6.54 Å². The molecule has 2 aliphatic rings. The SMILES string of the molecule is Cc1cc(Cl)ccc1CNC1CC2CCCC(C1)N2C. The second-order valence-corrected chi connectivity index (χ2v) is 6.96. The van der Waals surface area contributed by atoms with Crippen molar-refractivity contribution in [1.82, 2.24) is 10.2 Å². The number of rotatable bonds is 3. The summed E-state index contributed by atoms with van der Waals surface area (Å²) in [5.74, 6) is 0. The van der Waals surface area contributed by atoms with Crippen molar-refractivity contribution in [3.63, 3.8) is 0 Å². The molecule has 0 spiro atoms. The van der Waals surface area contributed by atoms with Gasteiger partial charge in [-0.1, -0.05) is 24.1 Å². The first-order valence-corrected chi connectivity index (χ1v) is 8.21. The number of hydrogen-bond donors (Lipinski definition) is 1. The topological polar surface area (TPSA) is 15.3 Å². The lowest BCUT2D eigenvalue weighted by Gasteiger charge is -2.47. The van der Waals surface area contributed by atoms with Gasteiger partial charge in [-0.05, 0) is 62.9 Å². The Kier molecular flexibility index (Phi) is 4.34. The Morgan fingerprint density at radius 2 is 1.95 bits per heavy atom. The van der Waals surface area contributed by atoms with Crippen molar-refractivity contribution in [3.8, 4) is 0 Å². The van der Waals surface area contributed by atoms with E-state index in [1.54, 1.807) is 0 Å². The van der Waals surface area contributed by atoms with Crippen LogP contribution in [0.15, 0.2) is 18.2 Å². The number of aryl methyl sites for hydroxylation is 1. The Labute approximate surface area is 127 Å². The molecule has 2 unspecified atom stereocenters. The second kappa shape index (κ2) is 6.05. The Balaban J connectivity index is 1.59. The molecule has 1 aromatic rings. The molecule has 0 aliphatic carbocycles. The van der Waals surface area contributed by atoms with Crippen molar-refractivity contribution >= 4 is 11.6 Å². The molecule has 1 N–H and O–H groups in total. The van der Waals surface area contributed by atoms with Gasteiger partial charge in [0.25, 0.3) is 0 Å². The lowest BCUT2D eigenvalue weighted by Crippen LogP contribution is -2.54. The minimum Gasteiger partial charge on any atom is -0.310 e. The predicted molar refractivity (Wildman–Crippen MR) is 85.2 cm³/mol. The first-order valence-electron chi connectivity index (χ1n) is 7.84. The molecule has 20 heavy (non-hydrogen) atoms. The number of nitrogens with one attached hydrogen (secondary N) is 1. The standard InChI is InChI=1S/C17H25ClN2/c1-12-8-14(18)7-6-13(12)11-19-15-9-16-4-3-5-17(10-15)20(16)2/h6-8,15-17,19H,3-5,9-11H2,1-2H3. The summed E-state index contributed by atoms with van der Waals surface area (Å²) in [6, 6.07) is 8.48. The number of piperidine rings is 2. The van der Waals surface area contributed by atoms with Gasteiger partial charge in [0.05, 0.1) is 0 Å². The van der Waals surface area contributed by atoms with E-state index in [1.807, 2.05) is 6.07 Å². The highest BCUT2D eigenvalue weighted by molar-refractivity contribution is 6.30. The first-order chi connectivity index (χ1) is 9.63. The molecule has 2 bridgehead atoms. The van der Waals surface area contributed by atoms with E-state index in [4.69, 9.17) is 11.6 Å². The smallest absolute Gasteiger partial charge is 0.0408 e. The zero-order chi connectivity index (χ0) is 14.1. The van der Waals surface area contributed by atoms with Crippen molar-refractivity contribution in [2.45, 2.75) is 63.7 Å². The lowest BCUT2D eigenvalue weighted by atomic mass is 9.82. The van der Waals surface area contributed by atoms with Crippen LogP contribution >= 0.6 is 11.6 Å². The van der Waals surface area contributed by atoms with Gasteiger partial charge in [-0.25, -0.2) is 0 Å². The predicted octanol–water partition coefficient (Wildman–Crippen LogP) is 3.75. The molecule has 2 saturated heterocycles. The molecule has 1 aromatic carbocycles. The monoisotopic (exact) mass is 292 g/mol. The van der Waals surface area contributed by atoms with Gasteiger partial charge in [0.2, 0.25) is 0 Å². The number of hydrogen-bond acceptors (Lipinski definition) is 2. The number of halogens is 1. The van der Waals surface area contributed by atoms with Crippen LogP contribution in [0.25, 0.3) is 0 Å². The fourth-order valence-electron chi connectivity index (χ4n) is 3.89. The third-order valence-corrected chi connectivity index (χ3v) is 5.46. The summed E-state index contributed by atoms with van der Waals surface area (Å²) in [5, 5.41) is 4.61. The summed E-state index contributed by atoms with van der Waals surface area (Å²) in [4.78, 5) is 2.62. The summed E-state index contributed by atoms with van der Waals surface area (Å²) in [6.07, 6.45) is 6.79. The average molecular weight is 293 g/mol. The number of nitrogens with zero attached hydrogens (tertiary/aromatic N) is 1. The molecule has 110 valence electrons. The van der Waals surface area contributed by atoms with E-state index in [2.05, 4.69) is 36.3 Å². The first kappa shape index (κ1) is 14.4. The summed E-state index contributed by atoms with van der Waals surface area (Å²) < 4.78 is 0. The highest BCUT2D eigenvalue weighted by atomic mass is 35.5. The van der Waals surface area contributed by atoms with E-state index in [1.165, 1.54) is 43.2 Å². The van der Waals surface area contributed by atoms with E-state index < -0.39 is 0 Å². The maximum atomic E-state index is 6.02. The van der Waals surface area contributed by atoms with Crippen molar-refractivity contribution in [1.29, 1.82) is 0 Å². The molecule has 2 heterocycles. The van der Waals surface area contributed by atoms with Crippen LogP contribution in [0, 0.1) is 6.92 Å². The Bertz CT molecular complexity index is 460. The molecule has 3 rings (SSSR count). The van der Waals surface area contributed by atoms with Crippen LogP contribution in [0.3, 0.4) is 0 Å². The second-order valence-electron chi connectivity index (χ2n) is 6.52. The molecule has 0 radical (unpaired) electrons. The Morgan fingerprint density at radius 3 is 2.60 bits per heavy atom. The Hall–Kier alpha value is -0.570. The van der Waals surface area contributed by atoms with Gasteiger partial charge >= 0.3 is 0 Å². The van der Waals surface area contributed by atoms with E-state index >= 15 is 0 Å². The highest BCUT2D eigenvalue weighted by Gasteiger charge is 2.35. The quantitative estimate of drug-likeness (QED) is 0.913. The lowest BCUT2D eigenvalue weighted by molar-refractivity contribution is 0.0482. The van der Waals surface area contributed by atoms with Crippen LogP contribution in [0.2, 0.25) is 5.02 Å².